The Morgan fingerprint density at radius 2 is 1.44 bits per heavy atom. The molecule has 0 aromatic rings. The highest BCUT2D eigenvalue weighted by Crippen LogP contribution is 2.05. The fourth-order valence-corrected chi connectivity index (χ4v) is 2.87. The molecule has 1 saturated heterocycles. The molecule has 0 saturated carbocycles. The van der Waals surface area contributed by atoms with E-state index in [9.17, 15) is 0 Å². The molecule has 1 aliphatic rings. The topological polar surface area (TPSA) is 25.8 Å². The van der Waals surface area contributed by atoms with Gasteiger partial charge < -0.3 is 22.5 Å². The van der Waals surface area contributed by atoms with Crippen molar-refractivity contribution >= 4 is 15.2 Å². The fourth-order valence-electron chi connectivity index (χ4n) is 1.34. The second-order valence-corrected chi connectivity index (χ2v) is 6.55. The first-order valence-corrected chi connectivity index (χ1v) is 7.97. The van der Waals surface area contributed by atoms with Gasteiger partial charge in [0.05, 0.1) is 26.3 Å². The molecule has 16 heavy (non-hydrogen) atoms. The summed E-state index contributed by atoms with van der Waals surface area (Å²) in [6.45, 7) is 13.4. The molecule has 4 heteroatoms. The second kappa shape index (κ2) is 13.8. The molecule has 97 valence electrons. The summed E-state index contributed by atoms with van der Waals surface area (Å²) < 4.78 is 5.04. The molecule has 2 N–H and O–H groups in total. The first-order valence-electron chi connectivity index (χ1n) is 6.34. The summed E-state index contributed by atoms with van der Waals surface area (Å²) in [5, 5.41) is 5.24. The summed E-state index contributed by atoms with van der Waals surface area (Å²) in [4.78, 5) is 0. The van der Waals surface area contributed by atoms with E-state index in [-0.39, 0.29) is 12.4 Å². The van der Waals surface area contributed by atoms with Crippen molar-refractivity contribution in [2.24, 2.45) is 11.8 Å². The summed E-state index contributed by atoms with van der Waals surface area (Å²) >= 11 is 0.755. The summed E-state index contributed by atoms with van der Waals surface area (Å²) in [5.41, 5.74) is 0. The van der Waals surface area contributed by atoms with Crippen molar-refractivity contribution < 1.29 is 22.5 Å². The van der Waals surface area contributed by atoms with Crippen LogP contribution in [0.1, 0.15) is 27.7 Å². The zero-order chi connectivity index (χ0) is 11.5. The Labute approximate surface area is 114 Å². The maximum Gasteiger partial charge on any atom is 0.200 e. The molecule has 0 spiro atoms. The number of halogens is 1. The van der Waals surface area contributed by atoms with Gasteiger partial charge in [0.25, 0.3) is 0 Å². The predicted octanol–water partition coefficient (Wildman–Crippen LogP) is -1.58. The molecule has 2 nitrogen and oxygen atoms in total. The Kier molecular flexibility index (Phi) is 16.5. The van der Waals surface area contributed by atoms with Crippen LogP contribution >= 0.6 is 0 Å². The van der Waals surface area contributed by atoms with Gasteiger partial charge in [0.2, 0.25) is 15.2 Å². The van der Waals surface area contributed by atoms with Gasteiger partial charge in [-0.1, -0.05) is 39.5 Å². The lowest BCUT2D eigenvalue weighted by atomic mass is 10.3. The molecule has 0 amide bonds. The number of hydrogen-bond acceptors (Lipinski definition) is 1. The third-order valence-corrected chi connectivity index (χ3v) is 4.76. The lowest BCUT2D eigenvalue weighted by molar-refractivity contribution is -0.670. The van der Waals surface area contributed by atoms with Gasteiger partial charge in [-0.15, -0.1) is 10.6 Å². The number of rotatable bonds is 4. The minimum atomic E-state index is 0. The minimum absolute atomic E-state index is 0. The number of ether oxygens (including phenoxy) is 1. The van der Waals surface area contributed by atoms with Gasteiger partial charge in [-0.3, -0.25) is 0 Å². The maximum atomic E-state index is 5.04. The van der Waals surface area contributed by atoms with Gasteiger partial charge in [-0.2, -0.15) is 0 Å². The molecule has 0 aromatic heterocycles. The Morgan fingerprint density at radius 3 is 1.62 bits per heavy atom. The third-order valence-electron chi connectivity index (χ3n) is 2.21. The Balaban J connectivity index is 0. The highest BCUT2D eigenvalue weighted by atomic mass is 35.5. The predicted molar refractivity (Wildman–Crippen MR) is 67.5 cm³/mol. The largest absolute Gasteiger partial charge is 1.00 e. The first kappa shape index (κ1) is 19.1. The van der Waals surface area contributed by atoms with Crippen LogP contribution < -0.4 is 17.7 Å². The van der Waals surface area contributed by atoms with Crippen molar-refractivity contribution in [3.8, 4) is 0 Å². The molecule has 0 bridgehead atoms. The van der Waals surface area contributed by atoms with Gasteiger partial charge in [0.1, 0.15) is 0 Å². The van der Waals surface area contributed by atoms with E-state index < -0.39 is 0 Å². The number of quaternary nitrogens is 1. The average molecular weight is 265 g/mol. The fraction of sp³-hybridized carbons (Fsp3) is 1.00. The van der Waals surface area contributed by atoms with Crippen molar-refractivity contribution in [3.63, 3.8) is 0 Å². The van der Waals surface area contributed by atoms with Crippen molar-refractivity contribution in [1.29, 1.82) is 0 Å². The molecule has 0 aliphatic carbocycles. The molecule has 1 rings (SSSR count). The van der Waals surface area contributed by atoms with Crippen molar-refractivity contribution in [2.45, 2.75) is 38.3 Å². The highest BCUT2D eigenvalue weighted by molar-refractivity contribution is 6.35. The quantitative estimate of drug-likeness (QED) is 0.610. The van der Waals surface area contributed by atoms with Crippen LogP contribution in [0.2, 0.25) is 10.6 Å². The van der Waals surface area contributed by atoms with Crippen LogP contribution in [0, 0.1) is 11.8 Å². The van der Waals surface area contributed by atoms with Gasteiger partial charge in [-0.25, -0.2) is 0 Å². The average Bonchev–Trinajstić information content (AvgIpc) is 2.20. The van der Waals surface area contributed by atoms with E-state index in [4.69, 9.17) is 4.74 Å². The molecular weight excluding hydrogens is 237 g/mol. The zero-order valence-electron chi connectivity index (χ0n) is 11.3. The minimum Gasteiger partial charge on any atom is -1.00 e. The van der Waals surface area contributed by atoms with Crippen LogP contribution in [0.4, 0.5) is 0 Å². The summed E-state index contributed by atoms with van der Waals surface area (Å²) in [6, 6.07) is 0. The molecular formula is C12H28AlClNO. The number of morpholine rings is 1. The highest BCUT2D eigenvalue weighted by Gasteiger charge is 1.98. The van der Waals surface area contributed by atoms with Crippen LogP contribution in [0.5, 0.6) is 0 Å². The Hall–Kier alpha value is 0.742. The van der Waals surface area contributed by atoms with E-state index in [0.717, 1.165) is 53.4 Å². The molecule has 0 unspecified atom stereocenters. The molecule has 0 aromatic carbocycles. The normalized spacial score (nSPS) is 15.1. The van der Waals surface area contributed by atoms with Crippen LogP contribution in [-0.4, -0.2) is 41.5 Å². The molecule has 1 heterocycles. The lowest BCUT2D eigenvalue weighted by Gasteiger charge is -2.07. The van der Waals surface area contributed by atoms with Crippen LogP contribution in [-0.2, 0) is 4.74 Å². The van der Waals surface area contributed by atoms with Gasteiger partial charge >= 0.3 is 0 Å². The lowest BCUT2D eigenvalue weighted by Crippen LogP contribution is -3.00. The van der Waals surface area contributed by atoms with Crippen molar-refractivity contribution in [2.75, 3.05) is 26.3 Å². The van der Waals surface area contributed by atoms with Crippen LogP contribution in [0.25, 0.3) is 0 Å². The monoisotopic (exact) mass is 264 g/mol. The summed E-state index contributed by atoms with van der Waals surface area (Å²) in [7, 11) is 0. The Morgan fingerprint density at radius 1 is 1.00 bits per heavy atom. The molecule has 1 aliphatic heterocycles. The first-order chi connectivity index (χ1) is 7.13. The van der Waals surface area contributed by atoms with E-state index >= 15 is 0 Å². The molecule has 0 atom stereocenters. The third kappa shape index (κ3) is 17.1. The van der Waals surface area contributed by atoms with E-state index in [2.05, 4.69) is 33.0 Å². The Bertz CT molecular complexity index is 111. The zero-order valence-corrected chi connectivity index (χ0v) is 13.2. The van der Waals surface area contributed by atoms with E-state index in [1.807, 2.05) is 0 Å². The second-order valence-electron chi connectivity index (χ2n) is 5.03. The smallest absolute Gasteiger partial charge is 0.200 e. The summed E-state index contributed by atoms with van der Waals surface area (Å²) in [5.74, 6) is 1.86. The van der Waals surface area contributed by atoms with E-state index in [0.29, 0.717) is 0 Å². The van der Waals surface area contributed by atoms with Crippen molar-refractivity contribution in [1.82, 2.24) is 0 Å². The van der Waals surface area contributed by atoms with Crippen LogP contribution in [0.3, 0.4) is 0 Å². The molecule has 1 fully saturated rings. The number of nitrogens with two attached hydrogens (primary N) is 1. The van der Waals surface area contributed by atoms with E-state index in [1.54, 1.807) is 0 Å². The van der Waals surface area contributed by atoms with Gasteiger partial charge in [0, 0.05) is 0 Å². The standard InChI is InChI=1S/C4H9NO.2C4H9.Al.ClH/c1-3-6-4-2-5-1;2*1-4(2)3;;/h5H,1-4H2;2*4H,1H2,2-3H3;;1H. The number of hydrogen-bond donors (Lipinski definition) is 1. The van der Waals surface area contributed by atoms with E-state index in [1.165, 1.54) is 10.6 Å². The summed E-state index contributed by atoms with van der Waals surface area (Å²) in [6.07, 6.45) is 0. The van der Waals surface area contributed by atoms with Crippen LogP contribution in [0.15, 0.2) is 0 Å². The maximum absolute atomic E-state index is 5.04. The van der Waals surface area contributed by atoms with Crippen molar-refractivity contribution in [3.05, 3.63) is 0 Å². The van der Waals surface area contributed by atoms with Gasteiger partial charge in [-0.05, 0) is 0 Å². The molecule has 1 radical (unpaired) electrons. The SMILES string of the molecule is C1COCC[NH2+]1.CC(C)[CH2][Al][CH2]C(C)C.[Cl-]. The van der Waals surface area contributed by atoms with Gasteiger partial charge in [0.15, 0.2) is 0 Å².